The predicted octanol–water partition coefficient (Wildman–Crippen LogP) is 3.38. The molecule has 0 spiro atoms. The minimum Gasteiger partial charge on any atom is -0.370 e. The van der Waals surface area contributed by atoms with Crippen LogP contribution in [0.4, 0.5) is 11.5 Å². The topological polar surface area (TPSA) is 54.0 Å². The van der Waals surface area contributed by atoms with Crippen LogP contribution in [0.5, 0.6) is 0 Å². The maximum absolute atomic E-state index is 12.2. The number of carbonyl (C=O) groups is 1. The molecule has 1 amide bonds. The van der Waals surface area contributed by atoms with E-state index in [2.05, 4.69) is 21.7 Å². The molecule has 2 rings (SSSR count). The minimum atomic E-state index is -0.199. The van der Waals surface area contributed by atoms with Crippen molar-refractivity contribution in [3.8, 4) is 0 Å². The van der Waals surface area contributed by atoms with Crippen molar-refractivity contribution in [3.63, 3.8) is 0 Å². The van der Waals surface area contributed by atoms with Gasteiger partial charge in [0, 0.05) is 12.2 Å². The van der Waals surface area contributed by atoms with Crippen molar-refractivity contribution in [2.75, 3.05) is 17.2 Å². The van der Waals surface area contributed by atoms with E-state index < -0.39 is 0 Å². The molecular weight excluding hydrogens is 250 g/mol. The van der Waals surface area contributed by atoms with Gasteiger partial charge in [-0.3, -0.25) is 4.79 Å². The van der Waals surface area contributed by atoms with Crippen LogP contribution < -0.4 is 10.6 Å². The fourth-order valence-corrected chi connectivity index (χ4v) is 2.08. The van der Waals surface area contributed by atoms with Gasteiger partial charge in [0.05, 0.1) is 0 Å². The van der Waals surface area contributed by atoms with Gasteiger partial charge in [-0.05, 0) is 56.2 Å². The average Bonchev–Trinajstić information content (AvgIpc) is 2.38. The van der Waals surface area contributed by atoms with Gasteiger partial charge in [-0.25, -0.2) is 4.98 Å². The Morgan fingerprint density at radius 3 is 2.50 bits per heavy atom. The van der Waals surface area contributed by atoms with Crippen molar-refractivity contribution in [3.05, 3.63) is 53.2 Å². The lowest BCUT2D eigenvalue weighted by atomic mass is 10.1. The maximum Gasteiger partial charge on any atom is 0.274 e. The summed E-state index contributed by atoms with van der Waals surface area (Å²) in [4.78, 5) is 16.5. The molecule has 2 N–H and O–H groups in total. The molecule has 0 aliphatic carbocycles. The van der Waals surface area contributed by atoms with Gasteiger partial charge < -0.3 is 10.6 Å². The number of nitrogens with one attached hydrogen (secondary N) is 2. The summed E-state index contributed by atoms with van der Waals surface area (Å²) in [7, 11) is 0. The normalized spacial score (nSPS) is 10.2. The molecule has 0 saturated carbocycles. The molecule has 0 unspecified atom stereocenters. The fraction of sp³-hybridized carbons (Fsp3) is 0.250. The Labute approximate surface area is 119 Å². The molecule has 0 aliphatic heterocycles. The summed E-state index contributed by atoms with van der Waals surface area (Å²) in [6, 6.07) is 11.3. The van der Waals surface area contributed by atoms with Gasteiger partial charge in [-0.1, -0.05) is 12.1 Å². The molecule has 4 heteroatoms. The smallest absolute Gasteiger partial charge is 0.274 e. The lowest BCUT2D eigenvalue weighted by Gasteiger charge is -2.08. The van der Waals surface area contributed by atoms with E-state index in [9.17, 15) is 4.79 Å². The van der Waals surface area contributed by atoms with E-state index in [1.165, 1.54) is 0 Å². The zero-order valence-corrected chi connectivity index (χ0v) is 12.0. The van der Waals surface area contributed by atoms with Crippen molar-refractivity contribution < 1.29 is 4.79 Å². The highest BCUT2D eigenvalue weighted by molar-refractivity contribution is 6.03. The summed E-state index contributed by atoms with van der Waals surface area (Å²) < 4.78 is 0. The van der Waals surface area contributed by atoms with Crippen LogP contribution in [-0.2, 0) is 0 Å². The van der Waals surface area contributed by atoms with E-state index in [4.69, 9.17) is 0 Å². The quantitative estimate of drug-likeness (QED) is 0.894. The summed E-state index contributed by atoms with van der Waals surface area (Å²) in [5.74, 6) is 0.510. The first-order valence-corrected chi connectivity index (χ1v) is 6.69. The second-order valence-electron chi connectivity index (χ2n) is 4.77. The number of nitrogens with zero attached hydrogens (tertiary/aromatic N) is 1. The number of amides is 1. The summed E-state index contributed by atoms with van der Waals surface area (Å²) in [5, 5.41) is 5.97. The van der Waals surface area contributed by atoms with E-state index in [0.717, 1.165) is 23.4 Å². The highest BCUT2D eigenvalue weighted by atomic mass is 16.1. The molecule has 4 nitrogen and oxygen atoms in total. The van der Waals surface area contributed by atoms with E-state index in [1.54, 1.807) is 6.07 Å². The molecule has 0 radical (unpaired) electrons. The standard InChI is InChI=1S/C16H19N3O/c1-4-17-15-7-5-6-14(19-15)16(20)18-13-9-11(2)8-12(3)10-13/h5-10H,4H2,1-3H3,(H,17,19)(H,18,20). The van der Waals surface area contributed by atoms with Crippen LogP contribution in [0.3, 0.4) is 0 Å². The van der Waals surface area contributed by atoms with E-state index in [-0.39, 0.29) is 5.91 Å². The highest BCUT2D eigenvalue weighted by Gasteiger charge is 2.08. The largest absolute Gasteiger partial charge is 0.370 e. The second-order valence-corrected chi connectivity index (χ2v) is 4.77. The van der Waals surface area contributed by atoms with Gasteiger partial charge in [0.1, 0.15) is 11.5 Å². The van der Waals surface area contributed by atoms with Crippen molar-refractivity contribution in [2.24, 2.45) is 0 Å². The van der Waals surface area contributed by atoms with Crippen molar-refractivity contribution in [1.82, 2.24) is 4.98 Å². The molecule has 0 bridgehead atoms. The van der Waals surface area contributed by atoms with Crippen molar-refractivity contribution >= 4 is 17.4 Å². The molecule has 1 heterocycles. The van der Waals surface area contributed by atoms with Crippen molar-refractivity contribution in [1.29, 1.82) is 0 Å². The number of anilines is 2. The van der Waals surface area contributed by atoms with Gasteiger partial charge >= 0.3 is 0 Å². The van der Waals surface area contributed by atoms with E-state index >= 15 is 0 Å². The van der Waals surface area contributed by atoms with Crippen LogP contribution in [0.2, 0.25) is 0 Å². The third-order valence-corrected chi connectivity index (χ3v) is 2.82. The lowest BCUT2D eigenvalue weighted by molar-refractivity contribution is 0.102. The van der Waals surface area contributed by atoms with Crippen LogP contribution in [0.15, 0.2) is 36.4 Å². The second kappa shape index (κ2) is 6.19. The summed E-state index contributed by atoms with van der Waals surface area (Å²) >= 11 is 0. The Morgan fingerprint density at radius 2 is 1.85 bits per heavy atom. The number of aromatic nitrogens is 1. The molecule has 104 valence electrons. The SMILES string of the molecule is CCNc1cccc(C(=O)Nc2cc(C)cc(C)c2)n1. The number of aryl methyl sites for hydroxylation is 2. The van der Waals surface area contributed by atoms with Crippen LogP contribution in [-0.4, -0.2) is 17.4 Å². The lowest BCUT2D eigenvalue weighted by Crippen LogP contribution is -2.14. The summed E-state index contributed by atoms with van der Waals surface area (Å²) in [6.07, 6.45) is 0. The van der Waals surface area contributed by atoms with Crippen LogP contribution in [0.1, 0.15) is 28.5 Å². The summed E-state index contributed by atoms with van der Waals surface area (Å²) in [6.45, 7) is 6.78. The van der Waals surface area contributed by atoms with Gasteiger partial charge in [-0.15, -0.1) is 0 Å². The van der Waals surface area contributed by atoms with Gasteiger partial charge in [0.15, 0.2) is 0 Å². The highest BCUT2D eigenvalue weighted by Crippen LogP contribution is 2.15. The first-order chi connectivity index (χ1) is 9.58. The molecule has 0 fully saturated rings. The Kier molecular flexibility index (Phi) is 4.35. The Hall–Kier alpha value is -2.36. The monoisotopic (exact) mass is 269 g/mol. The molecular formula is C16H19N3O. The third kappa shape index (κ3) is 3.57. The van der Waals surface area contributed by atoms with Gasteiger partial charge in [0.25, 0.3) is 5.91 Å². The zero-order chi connectivity index (χ0) is 14.5. The van der Waals surface area contributed by atoms with Gasteiger partial charge in [-0.2, -0.15) is 0 Å². The Bertz CT molecular complexity index is 603. The molecule has 0 aliphatic rings. The molecule has 20 heavy (non-hydrogen) atoms. The summed E-state index contributed by atoms with van der Waals surface area (Å²) in [5.41, 5.74) is 3.44. The number of pyridine rings is 1. The molecule has 1 aromatic heterocycles. The third-order valence-electron chi connectivity index (χ3n) is 2.82. The number of hydrogen-bond acceptors (Lipinski definition) is 3. The van der Waals surface area contributed by atoms with E-state index in [1.807, 2.05) is 45.0 Å². The predicted molar refractivity (Wildman–Crippen MR) is 82.3 cm³/mol. The Balaban J connectivity index is 2.17. The maximum atomic E-state index is 12.2. The fourth-order valence-electron chi connectivity index (χ4n) is 2.08. The van der Waals surface area contributed by atoms with E-state index in [0.29, 0.717) is 11.5 Å². The Morgan fingerprint density at radius 1 is 1.15 bits per heavy atom. The minimum absolute atomic E-state index is 0.199. The molecule has 2 aromatic rings. The van der Waals surface area contributed by atoms with Crippen LogP contribution in [0.25, 0.3) is 0 Å². The molecule has 0 saturated heterocycles. The number of benzene rings is 1. The first-order valence-electron chi connectivity index (χ1n) is 6.69. The van der Waals surface area contributed by atoms with Crippen LogP contribution in [0, 0.1) is 13.8 Å². The zero-order valence-electron chi connectivity index (χ0n) is 12.0. The van der Waals surface area contributed by atoms with Gasteiger partial charge in [0.2, 0.25) is 0 Å². The number of rotatable bonds is 4. The first kappa shape index (κ1) is 14.1. The molecule has 0 atom stereocenters. The average molecular weight is 269 g/mol. The van der Waals surface area contributed by atoms with Crippen molar-refractivity contribution in [2.45, 2.75) is 20.8 Å². The molecule has 1 aromatic carbocycles. The van der Waals surface area contributed by atoms with Crippen LogP contribution >= 0.6 is 0 Å². The number of carbonyl (C=O) groups excluding carboxylic acids is 1. The number of hydrogen-bond donors (Lipinski definition) is 2.